The minimum atomic E-state index is -1.13. The number of anilines is 1. The fourth-order valence-electron chi connectivity index (χ4n) is 5.31. The number of pyridine rings is 1. The number of hydrogen-bond donors (Lipinski definition) is 3. The zero-order valence-electron chi connectivity index (χ0n) is 22.8. The first-order valence-corrected chi connectivity index (χ1v) is 13.6. The molecule has 1 aliphatic heterocycles. The average Bonchev–Trinajstić information content (AvgIpc) is 3.47. The molecule has 5 rings (SSSR count). The topological polar surface area (TPSA) is 129 Å². The Bertz CT molecular complexity index is 1350. The summed E-state index contributed by atoms with van der Waals surface area (Å²) in [6.45, 7) is 1.41. The second-order valence-corrected chi connectivity index (χ2v) is 10.5. The monoisotopic (exact) mass is 554 g/mol. The lowest BCUT2D eigenvalue weighted by molar-refractivity contribution is 0.0662. The molecule has 0 unspecified atom stereocenters. The zero-order chi connectivity index (χ0) is 28.2. The number of ether oxygens (including phenoxy) is 2. The van der Waals surface area contributed by atoms with E-state index in [1.807, 2.05) is 25.0 Å². The van der Waals surface area contributed by atoms with E-state index in [2.05, 4.69) is 25.4 Å². The van der Waals surface area contributed by atoms with Crippen LogP contribution in [0.5, 0.6) is 5.75 Å². The van der Waals surface area contributed by atoms with Crippen LogP contribution in [0.3, 0.4) is 0 Å². The van der Waals surface area contributed by atoms with Gasteiger partial charge in [0.05, 0.1) is 23.9 Å². The maximum atomic E-state index is 15.1. The van der Waals surface area contributed by atoms with Crippen molar-refractivity contribution in [2.45, 2.75) is 56.7 Å². The van der Waals surface area contributed by atoms with Crippen molar-refractivity contribution in [3.8, 4) is 16.9 Å². The molecule has 12 heteroatoms. The average molecular weight is 555 g/mol. The van der Waals surface area contributed by atoms with Crippen molar-refractivity contribution >= 4 is 17.3 Å². The molecule has 2 fully saturated rings. The highest BCUT2D eigenvalue weighted by Crippen LogP contribution is 2.32. The fourth-order valence-corrected chi connectivity index (χ4v) is 5.31. The minimum absolute atomic E-state index is 0.0395. The van der Waals surface area contributed by atoms with Gasteiger partial charge < -0.3 is 25.5 Å². The van der Waals surface area contributed by atoms with E-state index in [0.717, 1.165) is 49.7 Å². The van der Waals surface area contributed by atoms with Crippen LogP contribution in [0.1, 0.15) is 50.1 Å². The second kappa shape index (κ2) is 12.3. The quantitative estimate of drug-likeness (QED) is 0.173. The summed E-state index contributed by atoms with van der Waals surface area (Å²) in [4.78, 5) is 10.7. The van der Waals surface area contributed by atoms with Crippen LogP contribution in [0.25, 0.3) is 11.1 Å². The Kier molecular flexibility index (Phi) is 8.57. The summed E-state index contributed by atoms with van der Waals surface area (Å²) >= 11 is 0. The Hall–Kier alpha value is -3.61. The van der Waals surface area contributed by atoms with Gasteiger partial charge in [-0.1, -0.05) is 0 Å². The molecule has 2 aromatic heterocycles. The van der Waals surface area contributed by atoms with E-state index in [9.17, 15) is 0 Å². The molecule has 0 spiro atoms. The Labute approximate surface area is 232 Å². The van der Waals surface area contributed by atoms with Gasteiger partial charge in [-0.3, -0.25) is 4.68 Å². The number of rotatable bonds is 7. The van der Waals surface area contributed by atoms with E-state index in [-0.39, 0.29) is 35.2 Å². The maximum absolute atomic E-state index is 15.1. The van der Waals surface area contributed by atoms with Crippen LogP contribution in [0, 0.1) is 11.6 Å². The zero-order valence-corrected chi connectivity index (χ0v) is 22.8. The molecule has 1 aromatic carbocycles. The van der Waals surface area contributed by atoms with E-state index < -0.39 is 11.6 Å². The molecule has 10 nitrogen and oxygen atoms in total. The van der Waals surface area contributed by atoms with Gasteiger partial charge in [-0.05, 0) is 70.8 Å². The molecule has 214 valence electrons. The lowest BCUT2D eigenvalue weighted by Gasteiger charge is -2.32. The van der Waals surface area contributed by atoms with Gasteiger partial charge >= 0.3 is 0 Å². The van der Waals surface area contributed by atoms with Crippen LogP contribution in [0.2, 0.25) is 0 Å². The molecule has 1 saturated heterocycles. The number of aromatic nitrogens is 3. The third kappa shape index (κ3) is 6.08. The molecule has 2 aliphatic rings. The molecule has 0 radical (unpaired) electrons. The van der Waals surface area contributed by atoms with Crippen LogP contribution >= 0.6 is 0 Å². The van der Waals surface area contributed by atoms with E-state index in [1.165, 1.54) is 12.1 Å². The van der Waals surface area contributed by atoms with Crippen LogP contribution in [0.4, 0.5) is 20.3 Å². The smallest absolute Gasteiger partial charge is 0.202 e. The highest BCUT2D eigenvalue weighted by atomic mass is 19.2. The number of halogens is 2. The van der Waals surface area contributed by atoms with Gasteiger partial charge in [-0.25, -0.2) is 20.2 Å². The van der Waals surface area contributed by atoms with Gasteiger partial charge in [-0.2, -0.15) is 9.49 Å². The molecule has 40 heavy (non-hydrogen) atoms. The predicted molar refractivity (Wildman–Crippen MR) is 149 cm³/mol. The van der Waals surface area contributed by atoms with Crippen molar-refractivity contribution < 1.29 is 18.3 Å². The molecule has 5 N–H and O–H groups in total. The van der Waals surface area contributed by atoms with Crippen molar-refractivity contribution in [3.05, 3.63) is 54.0 Å². The molecule has 0 atom stereocenters. The van der Waals surface area contributed by atoms with Gasteiger partial charge in [0.25, 0.3) is 0 Å². The number of nitrogens with zero attached hydrogens (tertiary/aromatic N) is 5. The first kappa shape index (κ1) is 27.9. The fraction of sp³-hybridized carbons (Fsp3) is 0.464. The lowest BCUT2D eigenvalue weighted by Crippen LogP contribution is -2.35. The Balaban J connectivity index is 1.35. The van der Waals surface area contributed by atoms with Crippen molar-refractivity contribution in [3.63, 3.8) is 0 Å². The van der Waals surface area contributed by atoms with Crippen LogP contribution in [-0.2, 0) is 4.74 Å². The van der Waals surface area contributed by atoms with Crippen LogP contribution in [0.15, 0.2) is 41.8 Å². The highest BCUT2D eigenvalue weighted by molar-refractivity contribution is 6.04. The standard InChI is InChI=1S/C28H36F2N8O2/c1-37(2)19-3-5-21(6-4-19)40-24-8-7-23(25(29)26(24)30)35-28(36-32)22-13-17(14-33-27(22)31)18-15-34-38(16-18)20-9-11-39-12-10-20/h7-8,13-16,19-21H,3-6,9-12,32H2,1-2H3,(H2,31,33)(H,35,36). The van der Waals surface area contributed by atoms with Crippen LogP contribution < -0.4 is 21.7 Å². The van der Waals surface area contributed by atoms with Gasteiger partial charge in [0, 0.05) is 42.8 Å². The number of benzene rings is 1. The summed E-state index contributed by atoms with van der Waals surface area (Å²) in [6, 6.07) is 5.24. The number of hydrogen-bond acceptors (Lipinski definition) is 8. The molecule has 1 saturated carbocycles. The summed E-state index contributed by atoms with van der Waals surface area (Å²) in [5, 5.41) is 4.51. The summed E-state index contributed by atoms with van der Waals surface area (Å²) in [6.07, 6.45) is 10.4. The van der Waals surface area contributed by atoms with Crippen molar-refractivity contribution in [2.24, 2.45) is 10.8 Å². The third-order valence-electron chi connectivity index (χ3n) is 7.74. The Morgan fingerprint density at radius 1 is 1.07 bits per heavy atom. The first-order valence-electron chi connectivity index (χ1n) is 13.6. The molecule has 3 heterocycles. The number of nitrogen functional groups attached to an aromatic ring is 1. The van der Waals surface area contributed by atoms with E-state index in [4.69, 9.17) is 21.1 Å². The number of amidine groups is 1. The molecule has 3 aromatic rings. The van der Waals surface area contributed by atoms with Gasteiger partial charge in [-0.15, -0.1) is 0 Å². The predicted octanol–water partition coefficient (Wildman–Crippen LogP) is 3.95. The number of hydrazine groups is 1. The SMILES string of the molecule is CN(C)C1CCC(Oc2ccc(N=C(NN)c3cc(-c4cnn(C5CCOCC5)c4)cnc3N)c(F)c2F)CC1. The molecule has 0 bridgehead atoms. The summed E-state index contributed by atoms with van der Waals surface area (Å²) in [5.41, 5.74) is 10.2. The Morgan fingerprint density at radius 3 is 2.52 bits per heavy atom. The van der Waals surface area contributed by atoms with Gasteiger partial charge in [0.15, 0.2) is 17.4 Å². The number of nitrogens with one attached hydrogen (secondary N) is 1. The molecule has 1 aliphatic carbocycles. The minimum Gasteiger partial charge on any atom is -0.487 e. The summed E-state index contributed by atoms with van der Waals surface area (Å²) in [5.74, 6) is 3.57. The summed E-state index contributed by atoms with van der Waals surface area (Å²) < 4.78 is 43.3. The van der Waals surface area contributed by atoms with E-state index in [1.54, 1.807) is 18.5 Å². The normalized spacial score (nSPS) is 20.6. The highest BCUT2D eigenvalue weighted by Gasteiger charge is 2.26. The molecular weight excluding hydrogens is 518 g/mol. The van der Waals surface area contributed by atoms with Crippen molar-refractivity contribution in [2.75, 3.05) is 33.0 Å². The van der Waals surface area contributed by atoms with Crippen molar-refractivity contribution in [1.29, 1.82) is 0 Å². The second-order valence-electron chi connectivity index (χ2n) is 10.5. The Morgan fingerprint density at radius 2 is 1.82 bits per heavy atom. The number of aliphatic imine (C=N–C) groups is 1. The lowest BCUT2D eigenvalue weighted by atomic mass is 9.92. The molecule has 0 amide bonds. The maximum Gasteiger partial charge on any atom is 0.202 e. The summed E-state index contributed by atoms with van der Waals surface area (Å²) in [7, 11) is 4.10. The van der Waals surface area contributed by atoms with E-state index >= 15 is 8.78 Å². The van der Waals surface area contributed by atoms with Gasteiger partial charge in [0.2, 0.25) is 5.82 Å². The first-order chi connectivity index (χ1) is 19.3. The van der Waals surface area contributed by atoms with Crippen molar-refractivity contribution in [1.82, 2.24) is 25.1 Å². The third-order valence-corrected chi connectivity index (χ3v) is 7.74. The van der Waals surface area contributed by atoms with Crippen LogP contribution in [-0.4, -0.2) is 65.0 Å². The van der Waals surface area contributed by atoms with Gasteiger partial charge in [0.1, 0.15) is 11.5 Å². The van der Waals surface area contributed by atoms with E-state index in [0.29, 0.717) is 24.8 Å². The largest absolute Gasteiger partial charge is 0.487 e. The number of nitrogens with two attached hydrogens (primary N) is 2. The molecular formula is C28H36F2N8O2.